The summed E-state index contributed by atoms with van der Waals surface area (Å²) in [4.78, 5) is 2.43. The molecule has 0 saturated carbocycles. The van der Waals surface area contributed by atoms with E-state index >= 15 is 0 Å². The van der Waals surface area contributed by atoms with Gasteiger partial charge in [-0.25, -0.2) is 0 Å². The molecule has 0 saturated heterocycles. The van der Waals surface area contributed by atoms with Crippen LogP contribution in [0.1, 0.15) is 46.3 Å². The molecule has 1 aromatic heterocycles. The second-order valence-electron chi connectivity index (χ2n) is 5.83. The molecule has 0 aliphatic carbocycles. The van der Waals surface area contributed by atoms with Gasteiger partial charge in [0.15, 0.2) is 0 Å². The van der Waals surface area contributed by atoms with E-state index in [1.165, 1.54) is 12.8 Å². The van der Waals surface area contributed by atoms with Crippen LogP contribution in [0.4, 0.5) is 0 Å². The molecule has 3 heteroatoms. The molecular formula is C15H28N2O. The van der Waals surface area contributed by atoms with Gasteiger partial charge in [0, 0.05) is 5.54 Å². The molecule has 0 atom stereocenters. The van der Waals surface area contributed by atoms with Crippen molar-refractivity contribution in [3.8, 4) is 0 Å². The number of nitrogens with one attached hydrogen (secondary N) is 1. The first-order valence-corrected chi connectivity index (χ1v) is 7.01. The van der Waals surface area contributed by atoms with E-state index in [0.717, 1.165) is 31.9 Å². The zero-order chi connectivity index (χ0) is 13.4. The Labute approximate surface area is 112 Å². The maximum Gasteiger partial charge on any atom is 0.117 e. The highest BCUT2D eigenvalue weighted by atomic mass is 16.3. The first-order chi connectivity index (χ1) is 8.51. The van der Waals surface area contributed by atoms with Gasteiger partial charge in [0.05, 0.1) is 12.8 Å². The first kappa shape index (κ1) is 15.3. The fourth-order valence-electron chi connectivity index (χ4n) is 1.90. The van der Waals surface area contributed by atoms with Gasteiger partial charge in [0.1, 0.15) is 5.76 Å². The van der Waals surface area contributed by atoms with Crippen molar-refractivity contribution in [1.29, 1.82) is 0 Å². The number of rotatable bonds is 8. The van der Waals surface area contributed by atoms with E-state index in [1.807, 2.05) is 12.1 Å². The summed E-state index contributed by atoms with van der Waals surface area (Å²) in [5.41, 5.74) is 0.235. The maximum absolute atomic E-state index is 5.38. The summed E-state index contributed by atoms with van der Waals surface area (Å²) >= 11 is 0. The number of hydrogen-bond donors (Lipinski definition) is 1. The molecule has 1 aromatic rings. The zero-order valence-electron chi connectivity index (χ0n) is 12.3. The van der Waals surface area contributed by atoms with Gasteiger partial charge < -0.3 is 9.73 Å². The van der Waals surface area contributed by atoms with Crippen LogP contribution >= 0.6 is 0 Å². The van der Waals surface area contributed by atoms with Gasteiger partial charge >= 0.3 is 0 Å². The standard InChI is InChI=1S/C15H28N2O/c1-5-17(13-14-9-8-12-18-14)11-7-6-10-16-15(2,3)4/h8-9,12,16H,5-7,10-11,13H2,1-4H3. The second-order valence-corrected chi connectivity index (χ2v) is 5.83. The molecule has 1 rings (SSSR count). The molecule has 0 fully saturated rings. The summed E-state index contributed by atoms with van der Waals surface area (Å²) in [7, 11) is 0. The van der Waals surface area contributed by atoms with Gasteiger partial charge in [0.25, 0.3) is 0 Å². The molecule has 0 aromatic carbocycles. The van der Waals surface area contributed by atoms with Crippen LogP contribution < -0.4 is 5.32 Å². The topological polar surface area (TPSA) is 28.4 Å². The average molecular weight is 252 g/mol. The molecule has 0 aliphatic rings. The highest BCUT2D eigenvalue weighted by Gasteiger charge is 2.08. The second kappa shape index (κ2) is 7.59. The van der Waals surface area contributed by atoms with Crippen molar-refractivity contribution < 1.29 is 4.42 Å². The Hall–Kier alpha value is -0.800. The highest BCUT2D eigenvalue weighted by Crippen LogP contribution is 2.06. The van der Waals surface area contributed by atoms with E-state index < -0.39 is 0 Å². The van der Waals surface area contributed by atoms with Crippen molar-refractivity contribution in [1.82, 2.24) is 10.2 Å². The van der Waals surface area contributed by atoms with E-state index in [0.29, 0.717) is 0 Å². The van der Waals surface area contributed by atoms with Crippen LogP contribution in [-0.2, 0) is 6.54 Å². The van der Waals surface area contributed by atoms with Crippen molar-refractivity contribution in [3.05, 3.63) is 24.2 Å². The SMILES string of the molecule is CCN(CCCCNC(C)(C)C)Cc1ccco1. The molecule has 0 aliphatic heterocycles. The lowest BCUT2D eigenvalue weighted by atomic mass is 10.1. The summed E-state index contributed by atoms with van der Waals surface area (Å²) in [6.45, 7) is 13.1. The lowest BCUT2D eigenvalue weighted by Crippen LogP contribution is -2.36. The third kappa shape index (κ3) is 6.82. The summed E-state index contributed by atoms with van der Waals surface area (Å²) in [5, 5.41) is 3.52. The third-order valence-corrected chi connectivity index (χ3v) is 2.96. The summed E-state index contributed by atoms with van der Waals surface area (Å²) in [5.74, 6) is 1.06. The monoisotopic (exact) mass is 252 g/mol. The molecule has 0 radical (unpaired) electrons. The van der Waals surface area contributed by atoms with E-state index in [1.54, 1.807) is 6.26 Å². The molecule has 18 heavy (non-hydrogen) atoms. The van der Waals surface area contributed by atoms with Gasteiger partial charge in [-0.15, -0.1) is 0 Å². The first-order valence-electron chi connectivity index (χ1n) is 7.01. The van der Waals surface area contributed by atoms with E-state index in [9.17, 15) is 0 Å². The largest absolute Gasteiger partial charge is 0.468 e. The zero-order valence-corrected chi connectivity index (χ0v) is 12.3. The van der Waals surface area contributed by atoms with Gasteiger partial charge in [-0.2, -0.15) is 0 Å². The van der Waals surface area contributed by atoms with Crippen molar-refractivity contribution in [2.75, 3.05) is 19.6 Å². The van der Waals surface area contributed by atoms with Crippen LogP contribution in [0.2, 0.25) is 0 Å². The van der Waals surface area contributed by atoms with Crippen molar-refractivity contribution in [2.45, 2.75) is 52.6 Å². The quantitative estimate of drug-likeness (QED) is 0.720. The number of unbranched alkanes of at least 4 members (excludes halogenated alkanes) is 1. The van der Waals surface area contributed by atoms with Crippen LogP contribution in [0.15, 0.2) is 22.8 Å². The minimum atomic E-state index is 0.235. The molecule has 1 N–H and O–H groups in total. The molecule has 0 amide bonds. The Morgan fingerprint density at radius 3 is 2.61 bits per heavy atom. The van der Waals surface area contributed by atoms with Crippen LogP contribution in [0.5, 0.6) is 0 Å². The molecule has 104 valence electrons. The summed E-state index contributed by atoms with van der Waals surface area (Å²) < 4.78 is 5.38. The van der Waals surface area contributed by atoms with E-state index in [2.05, 4.69) is 37.9 Å². The molecule has 0 bridgehead atoms. The Balaban J connectivity index is 2.12. The predicted octanol–water partition coefficient (Wildman–Crippen LogP) is 3.27. The average Bonchev–Trinajstić information content (AvgIpc) is 2.78. The lowest BCUT2D eigenvalue weighted by molar-refractivity contribution is 0.249. The lowest BCUT2D eigenvalue weighted by Gasteiger charge is -2.22. The molecular weight excluding hydrogens is 224 g/mol. The predicted molar refractivity (Wildman–Crippen MR) is 76.6 cm³/mol. The minimum Gasteiger partial charge on any atom is -0.468 e. The van der Waals surface area contributed by atoms with Crippen LogP contribution in [0, 0.1) is 0 Å². The van der Waals surface area contributed by atoms with Gasteiger partial charge in [-0.05, 0) is 65.4 Å². The van der Waals surface area contributed by atoms with E-state index in [-0.39, 0.29) is 5.54 Å². The number of hydrogen-bond acceptors (Lipinski definition) is 3. The molecule has 3 nitrogen and oxygen atoms in total. The summed E-state index contributed by atoms with van der Waals surface area (Å²) in [6.07, 6.45) is 4.21. The Morgan fingerprint density at radius 2 is 2.06 bits per heavy atom. The Kier molecular flexibility index (Phi) is 6.44. The number of furan rings is 1. The fourth-order valence-corrected chi connectivity index (χ4v) is 1.90. The third-order valence-electron chi connectivity index (χ3n) is 2.96. The van der Waals surface area contributed by atoms with Gasteiger partial charge in [-0.1, -0.05) is 6.92 Å². The van der Waals surface area contributed by atoms with Crippen LogP contribution in [0.25, 0.3) is 0 Å². The normalized spacial score (nSPS) is 12.3. The minimum absolute atomic E-state index is 0.235. The Bertz CT molecular complexity index is 301. The van der Waals surface area contributed by atoms with Gasteiger partial charge in [-0.3, -0.25) is 4.90 Å². The highest BCUT2D eigenvalue weighted by molar-refractivity contribution is 4.97. The smallest absolute Gasteiger partial charge is 0.117 e. The fraction of sp³-hybridized carbons (Fsp3) is 0.733. The molecule has 1 heterocycles. The Morgan fingerprint density at radius 1 is 1.28 bits per heavy atom. The van der Waals surface area contributed by atoms with Crippen LogP contribution in [0.3, 0.4) is 0 Å². The van der Waals surface area contributed by atoms with E-state index in [4.69, 9.17) is 4.42 Å². The molecule has 0 unspecified atom stereocenters. The van der Waals surface area contributed by atoms with Gasteiger partial charge in [0.2, 0.25) is 0 Å². The van der Waals surface area contributed by atoms with Crippen LogP contribution in [-0.4, -0.2) is 30.1 Å². The maximum atomic E-state index is 5.38. The van der Waals surface area contributed by atoms with Crippen molar-refractivity contribution in [3.63, 3.8) is 0 Å². The molecule has 0 spiro atoms. The number of nitrogens with zero attached hydrogens (tertiary/aromatic N) is 1. The summed E-state index contributed by atoms with van der Waals surface area (Å²) in [6, 6.07) is 4.00. The van der Waals surface area contributed by atoms with Crippen molar-refractivity contribution >= 4 is 0 Å². The van der Waals surface area contributed by atoms with Crippen molar-refractivity contribution in [2.24, 2.45) is 0 Å².